The summed E-state index contributed by atoms with van der Waals surface area (Å²) < 4.78 is 15.1. The van der Waals surface area contributed by atoms with Crippen molar-refractivity contribution in [2.45, 2.75) is 78.1 Å². The highest BCUT2D eigenvalue weighted by Crippen LogP contribution is 2.33. The van der Waals surface area contributed by atoms with E-state index in [1.807, 2.05) is 31.2 Å². The summed E-state index contributed by atoms with van der Waals surface area (Å²) in [7, 11) is 0. The van der Waals surface area contributed by atoms with Crippen LogP contribution in [0, 0.1) is 29.5 Å². The van der Waals surface area contributed by atoms with Gasteiger partial charge in [0.25, 0.3) is 0 Å². The van der Waals surface area contributed by atoms with Gasteiger partial charge >= 0.3 is 0 Å². The van der Waals surface area contributed by atoms with E-state index in [1.54, 1.807) is 0 Å². The Hall–Kier alpha value is -2.85. The summed E-state index contributed by atoms with van der Waals surface area (Å²) in [6, 6.07) is 18.4. The van der Waals surface area contributed by atoms with E-state index in [-0.39, 0.29) is 5.82 Å². The predicted molar refractivity (Wildman–Crippen MR) is 148 cm³/mol. The van der Waals surface area contributed by atoms with Gasteiger partial charge < -0.3 is 0 Å². The van der Waals surface area contributed by atoms with Gasteiger partial charge in [-0.2, -0.15) is 0 Å². The molecule has 3 aromatic rings. The topological polar surface area (TPSA) is 0 Å². The minimum Gasteiger partial charge on any atom is -0.205 e. The second-order valence-corrected chi connectivity index (χ2v) is 10.3. The van der Waals surface area contributed by atoms with Gasteiger partial charge in [-0.3, -0.25) is 0 Å². The molecule has 4 rings (SSSR count). The molecule has 3 aromatic carbocycles. The number of hydrogen-bond acceptors (Lipinski definition) is 0. The van der Waals surface area contributed by atoms with E-state index >= 15 is 4.39 Å². The highest BCUT2D eigenvalue weighted by atomic mass is 19.1. The van der Waals surface area contributed by atoms with Crippen LogP contribution in [0.5, 0.6) is 0 Å². The van der Waals surface area contributed by atoms with Crippen molar-refractivity contribution in [2.24, 2.45) is 11.8 Å². The third-order valence-electron chi connectivity index (χ3n) is 7.65. The van der Waals surface area contributed by atoms with Crippen LogP contribution in [0.4, 0.5) is 4.39 Å². The van der Waals surface area contributed by atoms with Crippen molar-refractivity contribution in [3.63, 3.8) is 0 Å². The van der Waals surface area contributed by atoms with E-state index in [2.05, 4.69) is 61.2 Å². The van der Waals surface area contributed by atoms with Crippen molar-refractivity contribution >= 4 is 10.8 Å². The molecule has 0 unspecified atom stereocenters. The molecule has 1 saturated carbocycles. The zero-order valence-corrected chi connectivity index (χ0v) is 21.5. The highest BCUT2D eigenvalue weighted by molar-refractivity contribution is 5.85. The van der Waals surface area contributed by atoms with E-state index in [4.69, 9.17) is 0 Å². The first-order chi connectivity index (χ1) is 17.2. The van der Waals surface area contributed by atoms with Crippen molar-refractivity contribution in [1.82, 2.24) is 0 Å². The summed E-state index contributed by atoms with van der Waals surface area (Å²) in [4.78, 5) is 0. The van der Waals surface area contributed by atoms with Gasteiger partial charge in [0.05, 0.1) is 5.56 Å². The van der Waals surface area contributed by atoms with Crippen LogP contribution in [0.2, 0.25) is 0 Å². The highest BCUT2D eigenvalue weighted by Gasteiger charge is 2.20. The lowest BCUT2D eigenvalue weighted by Crippen LogP contribution is -2.15. The molecule has 0 spiro atoms. The van der Waals surface area contributed by atoms with Gasteiger partial charge in [-0.05, 0) is 79.2 Å². The smallest absolute Gasteiger partial charge is 0.146 e. The van der Waals surface area contributed by atoms with Crippen molar-refractivity contribution in [3.05, 3.63) is 94.8 Å². The molecule has 0 aromatic heterocycles. The van der Waals surface area contributed by atoms with Crippen LogP contribution >= 0.6 is 0 Å². The molecule has 0 bridgehead atoms. The van der Waals surface area contributed by atoms with Crippen LogP contribution in [0.3, 0.4) is 0 Å². The van der Waals surface area contributed by atoms with Gasteiger partial charge in [0.1, 0.15) is 5.82 Å². The first kappa shape index (κ1) is 25.2. The van der Waals surface area contributed by atoms with Gasteiger partial charge in [-0.25, -0.2) is 4.39 Å². The van der Waals surface area contributed by atoms with E-state index in [0.717, 1.165) is 42.0 Å². The average Bonchev–Trinajstić information content (AvgIpc) is 2.89. The van der Waals surface area contributed by atoms with Crippen LogP contribution in [0.1, 0.15) is 87.5 Å². The minimum atomic E-state index is -0.222. The van der Waals surface area contributed by atoms with Crippen molar-refractivity contribution in [3.8, 4) is 11.8 Å². The number of halogens is 1. The fourth-order valence-electron chi connectivity index (χ4n) is 5.49. The Morgan fingerprint density at radius 1 is 0.829 bits per heavy atom. The van der Waals surface area contributed by atoms with Gasteiger partial charge in [-0.15, -0.1) is 0 Å². The number of fused-ring (bicyclic) bond motifs is 1. The van der Waals surface area contributed by atoms with Gasteiger partial charge in [-0.1, -0.05) is 106 Å². The summed E-state index contributed by atoms with van der Waals surface area (Å²) in [6.07, 6.45) is 17.1. The van der Waals surface area contributed by atoms with E-state index in [1.165, 1.54) is 56.1 Å². The second kappa shape index (κ2) is 12.7. The first-order valence-electron chi connectivity index (χ1n) is 13.6. The van der Waals surface area contributed by atoms with Crippen LogP contribution in [-0.2, 0) is 12.8 Å². The fourth-order valence-corrected chi connectivity index (χ4v) is 5.49. The number of allylic oxidation sites excluding steroid dienone is 2. The lowest BCUT2D eigenvalue weighted by Gasteiger charge is -2.28. The van der Waals surface area contributed by atoms with E-state index in [9.17, 15) is 0 Å². The van der Waals surface area contributed by atoms with Crippen molar-refractivity contribution < 1.29 is 4.39 Å². The zero-order chi connectivity index (χ0) is 24.5. The SMILES string of the molecule is C/C=C/CCc1ccc2c(F)c(C#Cc3ccc(CCC4CCC(CCC)CC4)cc3)ccc2c1. The molecular weight excluding hydrogens is 427 g/mol. The molecule has 0 N–H and O–H groups in total. The number of aryl methyl sites for hydroxylation is 2. The summed E-state index contributed by atoms with van der Waals surface area (Å²) in [5, 5.41) is 1.58. The molecule has 1 fully saturated rings. The maximum absolute atomic E-state index is 15.1. The van der Waals surface area contributed by atoms with Crippen LogP contribution in [0.15, 0.2) is 66.7 Å². The zero-order valence-electron chi connectivity index (χ0n) is 21.5. The molecule has 1 aliphatic carbocycles. The van der Waals surface area contributed by atoms with Crippen LogP contribution in [-0.4, -0.2) is 0 Å². The van der Waals surface area contributed by atoms with Crippen LogP contribution < -0.4 is 0 Å². The molecule has 0 atom stereocenters. The lowest BCUT2D eigenvalue weighted by atomic mass is 9.78. The van der Waals surface area contributed by atoms with Crippen molar-refractivity contribution in [1.29, 1.82) is 0 Å². The molecule has 35 heavy (non-hydrogen) atoms. The summed E-state index contributed by atoms with van der Waals surface area (Å²) in [5.74, 6) is 7.87. The fraction of sp³-hybridized carbons (Fsp3) is 0.412. The Balaban J connectivity index is 1.35. The number of rotatable bonds is 8. The molecular formula is C34H39F. The number of benzene rings is 3. The molecule has 1 heteroatoms. The molecule has 0 amide bonds. The molecule has 0 heterocycles. The first-order valence-corrected chi connectivity index (χ1v) is 13.6. The normalized spacial score (nSPS) is 18.0. The Morgan fingerprint density at radius 3 is 2.26 bits per heavy atom. The Morgan fingerprint density at radius 2 is 1.54 bits per heavy atom. The molecule has 0 nitrogen and oxygen atoms in total. The summed E-state index contributed by atoms with van der Waals surface area (Å²) in [6.45, 7) is 4.34. The van der Waals surface area contributed by atoms with Gasteiger partial charge in [0.2, 0.25) is 0 Å². The Labute approximate surface area is 211 Å². The van der Waals surface area contributed by atoms with E-state index in [0.29, 0.717) is 10.9 Å². The monoisotopic (exact) mass is 466 g/mol. The third kappa shape index (κ3) is 7.08. The van der Waals surface area contributed by atoms with Crippen molar-refractivity contribution in [2.75, 3.05) is 0 Å². The van der Waals surface area contributed by atoms with Gasteiger partial charge in [0, 0.05) is 10.9 Å². The largest absolute Gasteiger partial charge is 0.205 e. The standard InChI is InChI=1S/C34H39F/c1-3-5-6-8-30-20-24-33-32(25-30)23-22-31(34(33)35)21-19-29-17-15-28(16-18-29)14-13-27-11-9-26(7-4-2)10-12-27/h3,5,15-18,20,22-27H,4,6-14H2,1-2H3/b5-3+. The average molecular weight is 467 g/mol. The Bertz CT molecular complexity index is 1180. The summed E-state index contributed by atoms with van der Waals surface area (Å²) >= 11 is 0. The molecule has 0 aliphatic heterocycles. The molecule has 0 saturated heterocycles. The maximum atomic E-state index is 15.1. The molecule has 182 valence electrons. The van der Waals surface area contributed by atoms with Crippen LogP contribution in [0.25, 0.3) is 10.8 Å². The summed E-state index contributed by atoms with van der Waals surface area (Å²) in [5.41, 5.74) is 4.01. The van der Waals surface area contributed by atoms with Gasteiger partial charge in [0.15, 0.2) is 0 Å². The molecule has 0 radical (unpaired) electrons. The van der Waals surface area contributed by atoms with E-state index < -0.39 is 0 Å². The predicted octanol–water partition coefficient (Wildman–Crippen LogP) is 9.43. The lowest BCUT2D eigenvalue weighted by molar-refractivity contribution is 0.252. The molecule has 1 aliphatic rings. The minimum absolute atomic E-state index is 0.222. The second-order valence-electron chi connectivity index (χ2n) is 10.3. The maximum Gasteiger partial charge on any atom is 0.146 e. The third-order valence-corrected chi connectivity index (χ3v) is 7.65. The Kier molecular flexibility index (Phi) is 9.19. The number of hydrogen-bond donors (Lipinski definition) is 0. The quantitative estimate of drug-likeness (QED) is 0.229.